The number of rotatable bonds is 7. The van der Waals surface area contributed by atoms with Crippen LogP contribution in [0.1, 0.15) is 19.4 Å². The Morgan fingerprint density at radius 2 is 1.70 bits per heavy atom. The number of ether oxygens (including phenoxy) is 2. The van der Waals surface area contributed by atoms with E-state index in [0.717, 1.165) is 17.0 Å². The van der Waals surface area contributed by atoms with Crippen LogP contribution in [-0.4, -0.2) is 25.7 Å². The molecule has 2 aromatic carbocycles. The van der Waals surface area contributed by atoms with Crippen molar-refractivity contribution >= 4 is 11.6 Å². The predicted octanol–water partition coefficient (Wildman–Crippen LogP) is 3.83. The van der Waals surface area contributed by atoms with Crippen molar-refractivity contribution < 1.29 is 14.3 Å². The molecule has 0 heterocycles. The first-order chi connectivity index (χ1) is 11.1. The van der Waals surface area contributed by atoms with E-state index in [4.69, 9.17) is 9.47 Å². The molecule has 1 amide bonds. The van der Waals surface area contributed by atoms with Gasteiger partial charge in [-0.3, -0.25) is 4.79 Å². The summed E-state index contributed by atoms with van der Waals surface area (Å²) < 4.78 is 11.0. The standard InChI is InChI=1S/C19H23NO3/c1-4-20(16-9-6-8-15(3)12-16)19(21)14-23-18-11-7-10-17(13-18)22-5-2/h6-13H,4-5,14H2,1-3H3. The largest absolute Gasteiger partial charge is 0.494 e. The summed E-state index contributed by atoms with van der Waals surface area (Å²) in [6.45, 7) is 7.09. The van der Waals surface area contributed by atoms with Gasteiger partial charge >= 0.3 is 0 Å². The zero-order valence-electron chi connectivity index (χ0n) is 13.9. The molecule has 0 fully saturated rings. The van der Waals surface area contributed by atoms with Crippen molar-refractivity contribution in [3.63, 3.8) is 0 Å². The third-order valence-electron chi connectivity index (χ3n) is 3.41. The third-order valence-corrected chi connectivity index (χ3v) is 3.41. The van der Waals surface area contributed by atoms with Crippen LogP contribution in [0.4, 0.5) is 5.69 Å². The quantitative estimate of drug-likeness (QED) is 0.780. The summed E-state index contributed by atoms with van der Waals surface area (Å²) in [7, 11) is 0. The number of aryl methyl sites for hydroxylation is 1. The Hall–Kier alpha value is -2.49. The van der Waals surface area contributed by atoms with Crippen LogP contribution in [0, 0.1) is 6.92 Å². The molecule has 0 aliphatic heterocycles. The summed E-state index contributed by atoms with van der Waals surface area (Å²) in [5.41, 5.74) is 2.02. The lowest BCUT2D eigenvalue weighted by Gasteiger charge is -2.21. The number of carbonyl (C=O) groups is 1. The summed E-state index contributed by atoms with van der Waals surface area (Å²) >= 11 is 0. The van der Waals surface area contributed by atoms with Crippen molar-refractivity contribution in [2.45, 2.75) is 20.8 Å². The van der Waals surface area contributed by atoms with Crippen LogP contribution in [0.2, 0.25) is 0 Å². The first-order valence-corrected chi connectivity index (χ1v) is 7.86. The van der Waals surface area contributed by atoms with E-state index in [2.05, 4.69) is 0 Å². The number of hydrogen-bond acceptors (Lipinski definition) is 3. The predicted molar refractivity (Wildman–Crippen MR) is 92.3 cm³/mol. The molecule has 0 saturated heterocycles. The highest BCUT2D eigenvalue weighted by atomic mass is 16.5. The zero-order chi connectivity index (χ0) is 16.7. The lowest BCUT2D eigenvalue weighted by atomic mass is 10.2. The topological polar surface area (TPSA) is 38.8 Å². The lowest BCUT2D eigenvalue weighted by molar-refractivity contribution is -0.120. The van der Waals surface area contributed by atoms with Gasteiger partial charge in [0.25, 0.3) is 5.91 Å². The van der Waals surface area contributed by atoms with Gasteiger partial charge < -0.3 is 14.4 Å². The minimum atomic E-state index is -0.0695. The summed E-state index contributed by atoms with van der Waals surface area (Å²) in [4.78, 5) is 14.2. The van der Waals surface area contributed by atoms with Gasteiger partial charge in [-0.05, 0) is 50.6 Å². The monoisotopic (exact) mass is 313 g/mol. The third kappa shape index (κ3) is 4.74. The second-order valence-electron chi connectivity index (χ2n) is 5.17. The van der Waals surface area contributed by atoms with Gasteiger partial charge in [-0.2, -0.15) is 0 Å². The van der Waals surface area contributed by atoms with Gasteiger partial charge in [0.15, 0.2) is 6.61 Å². The first kappa shape index (κ1) is 16.9. The molecule has 0 saturated carbocycles. The smallest absolute Gasteiger partial charge is 0.264 e. The van der Waals surface area contributed by atoms with Gasteiger partial charge in [-0.15, -0.1) is 0 Å². The van der Waals surface area contributed by atoms with Crippen molar-refractivity contribution in [3.8, 4) is 11.5 Å². The van der Waals surface area contributed by atoms with E-state index in [1.54, 1.807) is 11.0 Å². The van der Waals surface area contributed by atoms with E-state index in [1.165, 1.54) is 0 Å². The maximum absolute atomic E-state index is 12.4. The lowest BCUT2D eigenvalue weighted by Crippen LogP contribution is -2.34. The van der Waals surface area contributed by atoms with Gasteiger partial charge in [0.1, 0.15) is 11.5 Å². The normalized spacial score (nSPS) is 10.2. The Morgan fingerprint density at radius 3 is 2.35 bits per heavy atom. The van der Waals surface area contributed by atoms with E-state index in [9.17, 15) is 4.79 Å². The van der Waals surface area contributed by atoms with E-state index >= 15 is 0 Å². The molecular weight excluding hydrogens is 290 g/mol. The van der Waals surface area contributed by atoms with Crippen molar-refractivity contribution in [1.82, 2.24) is 0 Å². The van der Waals surface area contributed by atoms with E-state index < -0.39 is 0 Å². The summed E-state index contributed by atoms with van der Waals surface area (Å²) in [6.07, 6.45) is 0. The molecule has 122 valence electrons. The van der Waals surface area contributed by atoms with Crippen LogP contribution in [0.25, 0.3) is 0 Å². The molecule has 0 aromatic heterocycles. The van der Waals surface area contributed by atoms with Crippen LogP contribution >= 0.6 is 0 Å². The Morgan fingerprint density at radius 1 is 1.00 bits per heavy atom. The average Bonchev–Trinajstić information content (AvgIpc) is 2.54. The Bertz CT molecular complexity index is 655. The minimum absolute atomic E-state index is 0.00262. The van der Waals surface area contributed by atoms with Gasteiger partial charge in [-0.25, -0.2) is 0 Å². The molecule has 2 aromatic rings. The van der Waals surface area contributed by atoms with Crippen LogP contribution < -0.4 is 14.4 Å². The van der Waals surface area contributed by atoms with Gasteiger partial charge in [0, 0.05) is 18.3 Å². The maximum Gasteiger partial charge on any atom is 0.264 e. The van der Waals surface area contributed by atoms with Crippen LogP contribution in [0.5, 0.6) is 11.5 Å². The highest BCUT2D eigenvalue weighted by Gasteiger charge is 2.14. The highest BCUT2D eigenvalue weighted by Crippen LogP contribution is 2.20. The number of likely N-dealkylation sites (N-methyl/N-ethyl adjacent to an activating group) is 1. The molecule has 0 atom stereocenters. The number of benzene rings is 2. The molecule has 0 radical (unpaired) electrons. The Balaban J connectivity index is 2.01. The molecule has 0 aliphatic carbocycles. The second-order valence-corrected chi connectivity index (χ2v) is 5.17. The molecule has 0 N–H and O–H groups in total. The number of hydrogen-bond donors (Lipinski definition) is 0. The van der Waals surface area contributed by atoms with Crippen LogP contribution in [0.3, 0.4) is 0 Å². The van der Waals surface area contributed by atoms with Crippen molar-refractivity contribution in [2.75, 3.05) is 24.7 Å². The van der Waals surface area contributed by atoms with Gasteiger partial charge in [0.05, 0.1) is 6.61 Å². The van der Waals surface area contributed by atoms with E-state index in [1.807, 2.05) is 63.2 Å². The molecule has 23 heavy (non-hydrogen) atoms. The molecule has 4 nitrogen and oxygen atoms in total. The maximum atomic E-state index is 12.4. The Labute approximate surface area is 137 Å². The van der Waals surface area contributed by atoms with Crippen molar-refractivity contribution in [1.29, 1.82) is 0 Å². The van der Waals surface area contributed by atoms with Gasteiger partial charge in [-0.1, -0.05) is 18.2 Å². The van der Waals surface area contributed by atoms with E-state index in [-0.39, 0.29) is 12.5 Å². The highest BCUT2D eigenvalue weighted by molar-refractivity contribution is 5.94. The SMILES string of the molecule is CCOc1cccc(OCC(=O)N(CC)c2cccc(C)c2)c1. The molecule has 0 spiro atoms. The summed E-state index contributed by atoms with van der Waals surface area (Å²) in [5.74, 6) is 1.30. The van der Waals surface area contributed by atoms with Gasteiger partial charge in [0.2, 0.25) is 0 Å². The van der Waals surface area contributed by atoms with E-state index in [0.29, 0.717) is 18.9 Å². The molecule has 2 rings (SSSR count). The number of nitrogens with zero attached hydrogens (tertiary/aromatic N) is 1. The molecule has 4 heteroatoms. The fourth-order valence-electron chi connectivity index (χ4n) is 2.34. The average molecular weight is 313 g/mol. The summed E-state index contributed by atoms with van der Waals surface area (Å²) in [6, 6.07) is 15.2. The fraction of sp³-hybridized carbons (Fsp3) is 0.316. The fourth-order valence-corrected chi connectivity index (χ4v) is 2.34. The second kappa shape index (κ2) is 8.22. The molecule has 0 bridgehead atoms. The van der Waals surface area contributed by atoms with Crippen LogP contribution in [0.15, 0.2) is 48.5 Å². The van der Waals surface area contributed by atoms with Crippen molar-refractivity contribution in [3.05, 3.63) is 54.1 Å². The zero-order valence-corrected chi connectivity index (χ0v) is 13.9. The molecule has 0 aliphatic rings. The minimum Gasteiger partial charge on any atom is -0.494 e. The number of carbonyl (C=O) groups excluding carboxylic acids is 1. The number of amides is 1. The first-order valence-electron chi connectivity index (χ1n) is 7.86. The number of anilines is 1. The Kier molecular flexibility index (Phi) is 6.03. The molecular formula is C19H23NO3. The van der Waals surface area contributed by atoms with Crippen molar-refractivity contribution in [2.24, 2.45) is 0 Å². The van der Waals surface area contributed by atoms with Crippen LogP contribution in [-0.2, 0) is 4.79 Å². The summed E-state index contributed by atoms with van der Waals surface area (Å²) in [5, 5.41) is 0. The molecule has 0 unspecified atom stereocenters.